The molecule has 2 heterocycles. The summed E-state index contributed by atoms with van der Waals surface area (Å²) in [6.45, 7) is 6.00. The van der Waals surface area contributed by atoms with Gasteiger partial charge in [-0.15, -0.1) is 0 Å². The highest BCUT2D eigenvalue weighted by atomic mass is 35.5. The monoisotopic (exact) mass is 312 g/mol. The molecule has 0 aliphatic carbocycles. The number of amides is 2. The number of carbonyl (C=O) groups excluding carboxylic acids is 2. The second-order valence-electron chi connectivity index (χ2n) is 5.37. The van der Waals surface area contributed by atoms with Gasteiger partial charge in [0, 0.05) is 7.05 Å². The zero-order chi connectivity index (χ0) is 15.8. The third-order valence-electron chi connectivity index (χ3n) is 4.38. The highest BCUT2D eigenvalue weighted by Gasteiger charge is 2.47. The molecule has 1 fully saturated rings. The van der Waals surface area contributed by atoms with Crippen LogP contribution in [0, 0.1) is 6.92 Å². The van der Waals surface area contributed by atoms with Gasteiger partial charge in [0.25, 0.3) is 0 Å². The van der Waals surface area contributed by atoms with Crippen LogP contribution in [0.2, 0.25) is 5.02 Å². The van der Waals surface area contributed by atoms with E-state index < -0.39 is 5.54 Å². The first-order valence-corrected chi connectivity index (χ1v) is 7.52. The number of nitrogens with zero attached hydrogens (tertiary/aromatic N) is 3. The second kappa shape index (κ2) is 5.67. The fraction of sp³-hybridized carbons (Fsp3) is 0.643. The molecular formula is C14H21ClN4O2. The third-order valence-corrected chi connectivity index (χ3v) is 4.87. The van der Waals surface area contributed by atoms with E-state index in [-0.39, 0.29) is 18.4 Å². The third kappa shape index (κ3) is 2.41. The molecule has 1 aromatic rings. The lowest BCUT2D eigenvalue weighted by Crippen LogP contribution is -2.66. The molecule has 0 atom stereocenters. The Bertz CT molecular complexity index is 578. The molecule has 7 heteroatoms. The van der Waals surface area contributed by atoms with Crippen molar-refractivity contribution in [2.75, 3.05) is 6.54 Å². The summed E-state index contributed by atoms with van der Waals surface area (Å²) in [6, 6.07) is 0. The molecule has 21 heavy (non-hydrogen) atoms. The molecule has 0 spiro atoms. The van der Waals surface area contributed by atoms with E-state index in [0.717, 1.165) is 11.4 Å². The summed E-state index contributed by atoms with van der Waals surface area (Å²) in [5.74, 6) is -0.185. The molecular weight excluding hydrogens is 292 g/mol. The first-order valence-electron chi connectivity index (χ1n) is 7.14. The van der Waals surface area contributed by atoms with Gasteiger partial charge in [-0.3, -0.25) is 14.3 Å². The maximum atomic E-state index is 12.3. The Hall–Kier alpha value is -1.56. The predicted molar refractivity (Wildman–Crippen MR) is 79.8 cm³/mol. The van der Waals surface area contributed by atoms with Crippen LogP contribution in [-0.4, -0.2) is 38.6 Å². The van der Waals surface area contributed by atoms with Crippen molar-refractivity contribution in [1.82, 2.24) is 20.0 Å². The van der Waals surface area contributed by atoms with E-state index in [1.807, 2.05) is 20.8 Å². The number of rotatable bonds is 4. The molecule has 0 radical (unpaired) electrons. The van der Waals surface area contributed by atoms with Gasteiger partial charge in [-0.05, 0) is 19.8 Å². The standard InChI is InChI=1S/C14H21ClN4O2/c1-5-14(6-2)13(21)16-7-11(20)19(14)8-10-12(15)9(3)17-18(10)4/h5-8H2,1-4H3,(H,16,21). The number of carbonyl (C=O) groups is 2. The van der Waals surface area contributed by atoms with E-state index in [4.69, 9.17) is 11.6 Å². The van der Waals surface area contributed by atoms with Crippen molar-refractivity contribution in [1.29, 1.82) is 0 Å². The molecule has 1 aliphatic heterocycles. The molecule has 1 saturated heterocycles. The Morgan fingerprint density at radius 3 is 2.43 bits per heavy atom. The summed E-state index contributed by atoms with van der Waals surface area (Å²) in [6.07, 6.45) is 1.13. The summed E-state index contributed by atoms with van der Waals surface area (Å²) >= 11 is 6.28. The molecule has 116 valence electrons. The Morgan fingerprint density at radius 2 is 1.95 bits per heavy atom. The second-order valence-corrected chi connectivity index (χ2v) is 5.75. The normalized spacial score (nSPS) is 18.0. The van der Waals surface area contributed by atoms with Gasteiger partial charge in [0.15, 0.2) is 0 Å². The van der Waals surface area contributed by atoms with Crippen molar-refractivity contribution < 1.29 is 9.59 Å². The summed E-state index contributed by atoms with van der Waals surface area (Å²) in [7, 11) is 1.79. The van der Waals surface area contributed by atoms with Crippen molar-refractivity contribution in [3.63, 3.8) is 0 Å². The molecule has 6 nitrogen and oxygen atoms in total. The molecule has 0 bridgehead atoms. The summed E-state index contributed by atoms with van der Waals surface area (Å²) in [5.41, 5.74) is 0.668. The van der Waals surface area contributed by atoms with Crippen molar-refractivity contribution in [2.45, 2.75) is 45.7 Å². The van der Waals surface area contributed by atoms with E-state index in [9.17, 15) is 9.59 Å². The fourth-order valence-electron chi connectivity index (χ4n) is 2.97. The van der Waals surface area contributed by atoms with Gasteiger partial charge in [0.05, 0.1) is 29.5 Å². The van der Waals surface area contributed by atoms with E-state index in [1.54, 1.807) is 16.6 Å². The number of hydrogen-bond donors (Lipinski definition) is 1. The molecule has 1 aromatic heterocycles. The Balaban J connectivity index is 2.42. The molecule has 0 unspecified atom stereocenters. The molecule has 1 aliphatic rings. The van der Waals surface area contributed by atoms with Crippen LogP contribution < -0.4 is 5.32 Å². The van der Waals surface area contributed by atoms with Gasteiger partial charge in [-0.25, -0.2) is 0 Å². The van der Waals surface area contributed by atoms with Crippen molar-refractivity contribution in [2.24, 2.45) is 7.05 Å². The Morgan fingerprint density at radius 1 is 1.33 bits per heavy atom. The molecule has 2 rings (SSSR count). The minimum absolute atomic E-state index is 0.0367. The van der Waals surface area contributed by atoms with E-state index in [2.05, 4.69) is 10.4 Å². The number of aryl methyl sites for hydroxylation is 2. The van der Waals surface area contributed by atoms with Crippen LogP contribution in [0.4, 0.5) is 0 Å². The summed E-state index contributed by atoms with van der Waals surface area (Å²) < 4.78 is 1.67. The Labute approximate surface area is 129 Å². The van der Waals surface area contributed by atoms with Gasteiger partial charge in [-0.2, -0.15) is 5.10 Å². The van der Waals surface area contributed by atoms with Gasteiger partial charge in [-0.1, -0.05) is 25.4 Å². The predicted octanol–water partition coefficient (Wildman–Crippen LogP) is 1.40. The summed E-state index contributed by atoms with van der Waals surface area (Å²) in [5, 5.41) is 7.51. The van der Waals surface area contributed by atoms with Crippen LogP contribution in [0.15, 0.2) is 0 Å². The van der Waals surface area contributed by atoms with E-state index >= 15 is 0 Å². The quantitative estimate of drug-likeness (QED) is 0.914. The number of hydrogen-bond acceptors (Lipinski definition) is 3. The lowest BCUT2D eigenvalue weighted by atomic mass is 9.87. The molecule has 0 aromatic carbocycles. The molecule has 2 amide bonds. The summed E-state index contributed by atoms with van der Waals surface area (Å²) in [4.78, 5) is 26.3. The van der Waals surface area contributed by atoms with E-state index in [0.29, 0.717) is 24.4 Å². The number of piperazine rings is 1. The SMILES string of the molecule is CCC1(CC)C(=O)NCC(=O)N1Cc1c(Cl)c(C)nn1C. The fourth-order valence-corrected chi connectivity index (χ4v) is 3.19. The van der Waals surface area contributed by atoms with Gasteiger partial charge < -0.3 is 10.2 Å². The van der Waals surface area contributed by atoms with Crippen LogP contribution >= 0.6 is 11.6 Å². The maximum Gasteiger partial charge on any atom is 0.246 e. The highest BCUT2D eigenvalue weighted by molar-refractivity contribution is 6.31. The number of aromatic nitrogens is 2. The lowest BCUT2D eigenvalue weighted by molar-refractivity contribution is -0.155. The van der Waals surface area contributed by atoms with Crippen LogP contribution in [0.25, 0.3) is 0 Å². The van der Waals surface area contributed by atoms with Crippen LogP contribution in [-0.2, 0) is 23.2 Å². The first-order chi connectivity index (χ1) is 9.87. The minimum Gasteiger partial charge on any atom is -0.345 e. The largest absolute Gasteiger partial charge is 0.345 e. The average molecular weight is 313 g/mol. The van der Waals surface area contributed by atoms with Gasteiger partial charge in [0.1, 0.15) is 5.54 Å². The van der Waals surface area contributed by atoms with Crippen molar-refractivity contribution in [3.05, 3.63) is 16.4 Å². The zero-order valence-corrected chi connectivity index (χ0v) is 13.6. The Kier molecular flexibility index (Phi) is 4.27. The van der Waals surface area contributed by atoms with Crippen LogP contribution in [0.1, 0.15) is 38.1 Å². The van der Waals surface area contributed by atoms with Crippen LogP contribution in [0.3, 0.4) is 0 Å². The number of nitrogens with one attached hydrogen (secondary N) is 1. The zero-order valence-electron chi connectivity index (χ0n) is 12.9. The van der Waals surface area contributed by atoms with Gasteiger partial charge >= 0.3 is 0 Å². The lowest BCUT2D eigenvalue weighted by Gasteiger charge is -2.45. The molecule has 1 N–H and O–H groups in total. The smallest absolute Gasteiger partial charge is 0.246 e. The number of halogens is 1. The van der Waals surface area contributed by atoms with Crippen molar-refractivity contribution >= 4 is 23.4 Å². The highest BCUT2D eigenvalue weighted by Crippen LogP contribution is 2.31. The average Bonchev–Trinajstić information content (AvgIpc) is 2.70. The van der Waals surface area contributed by atoms with Crippen molar-refractivity contribution in [3.8, 4) is 0 Å². The van der Waals surface area contributed by atoms with Gasteiger partial charge in [0.2, 0.25) is 11.8 Å². The molecule has 0 saturated carbocycles. The van der Waals surface area contributed by atoms with E-state index in [1.165, 1.54) is 0 Å². The maximum absolute atomic E-state index is 12.3. The topological polar surface area (TPSA) is 67.2 Å². The first kappa shape index (κ1) is 15.8. The van der Waals surface area contributed by atoms with Crippen LogP contribution in [0.5, 0.6) is 0 Å². The minimum atomic E-state index is -0.809.